The van der Waals surface area contributed by atoms with E-state index in [-0.39, 0.29) is 31.7 Å². The van der Waals surface area contributed by atoms with Crippen molar-refractivity contribution in [1.82, 2.24) is 14.6 Å². The molecule has 1 aromatic carbocycles. The molecule has 11 nitrogen and oxygen atoms in total. The van der Waals surface area contributed by atoms with Crippen LogP contribution in [0.2, 0.25) is 5.02 Å². The van der Waals surface area contributed by atoms with Crippen molar-refractivity contribution < 1.29 is 28.2 Å². The molecule has 1 saturated heterocycles. The second-order valence-electron chi connectivity index (χ2n) is 8.98. The van der Waals surface area contributed by atoms with Crippen LogP contribution in [-0.2, 0) is 24.1 Å². The van der Waals surface area contributed by atoms with Gasteiger partial charge in [-0.3, -0.25) is 18.9 Å². The van der Waals surface area contributed by atoms with Gasteiger partial charge in [-0.25, -0.2) is 14.4 Å². The highest BCUT2D eigenvalue weighted by Gasteiger charge is 2.51. The van der Waals surface area contributed by atoms with Crippen LogP contribution in [0.15, 0.2) is 46.1 Å². The molecule has 0 bridgehead atoms. The maximum Gasteiger partial charge on any atom is 0.459 e. The van der Waals surface area contributed by atoms with Gasteiger partial charge in [-0.2, -0.15) is 0 Å². The number of aromatic nitrogens is 2. The Labute approximate surface area is 226 Å². The van der Waals surface area contributed by atoms with Crippen molar-refractivity contribution in [2.75, 3.05) is 19.8 Å². The number of terminal acetylenes is 1. The number of nitrogens with one attached hydrogen (secondary N) is 2. The van der Waals surface area contributed by atoms with Crippen molar-refractivity contribution in [3.63, 3.8) is 0 Å². The molecule has 0 saturated carbocycles. The summed E-state index contributed by atoms with van der Waals surface area (Å²) in [5, 5.41) is 14.4. The molecule has 2 heterocycles. The molecule has 38 heavy (non-hydrogen) atoms. The molecule has 5 atom stereocenters. The minimum absolute atomic E-state index is 0.0620. The molecule has 1 aromatic heterocycles. The Morgan fingerprint density at radius 1 is 1.32 bits per heavy atom. The fraction of sp³-hybridized carbons (Fsp3) is 0.520. The number of halogens is 1. The van der Waals surface area contributed by atoms with Crippen molar-refractivity contribution in [2.45, 2.75) is 63.5 Å². The van der Waals surface area contributed by atoms with Gasteiger partial charge >= 0.3 is 13.4 Å². The molecule has 1 aliphatic heterocycles. The van der Waals surface area contributed by atoms with Crippen LogP contribution in [-0.4, -0.2) is 58.8 Å². The molecule has 0 aliphatic carbocycles. The fourth-order valence-corrected chi connectivity index (χ4v) is 5.67. The van der Waals surface area contributed by atoms with Gasteiger partial charge in [0, 0.05) is 23.3 Å². The monoisotopic (exact) mass is 569 g/mol. The zero-order valence-corrected chi connectivity index (χ0v) is 23.1. The van der Waals surface area contributed by atoms with E-state index in [1.54, 1.807) is 19.1 Å². The lowest BCUT2D eigenvalue weighted by Gasteiger charge is -2.29. The van der Waals surface area contributed by atoms with Gasteiger partial charge in [0.15, 0.2) is 5.54 Å². The lowest BCUT2D eigenvalue weighted by atomic mass is 9.93. The van der Waals surface area contributed by atoms with Crippen LogP contribution in [0.4, 0.5) is 0 Å². The number of ether oxygens (including phenoxy) is 2. The molecule has 0 radical (unpaired) electrons. The lowest BCUT2D eigenvalue weighted by molar-refractivity contribution is 0.00214. The molecular formula is C25H33ClN3O8P. The number of rotatable bonds is 13. The van der Waals surface area contributed by atoms with E-state index < -0.39 is 42.8 Å². The Hall–Kier alpha value is -2.42. The smallest absolute Gasteiger partial charge is 0.413 e. The summed E-state index contributed by atoms with van der Waals surface area (Å²) in [7, 11) is -4.04. The van der Waals surface area contributed by atoms with Gasteiger partial charge in [0.05, 0.1) is 25.9 Å². The van der Waals surface area contributed by atoms with Crippen LogP contribution in [0, 0.1) is 12.3 Å². The second kappa shape index (κ2) is 13.1. The number of benzene rings is 1. The summed E-state index contributed by atoms with van der Waals surface area (Å²) in [5.74, 6) is 2.65. The van der Waals surface area contributed by atoms with Crippen molar-refractivity contribution in [1.29, 1.82) is 0 Å². The van der Waals surface area contributed by atoms with Gasteiger partial charge in [-0.1, -0.05) is 31.4 Å². The summed E-state index contributed by atoms with van der Waals surface area (Å²) in [5.41, 5.74) is -3.02. The fourth-order valence-electron chi connectivity index (χ4n) is 4.01. The number of aliphatic hydroxyl groups is 1. The second-order valence-corrected chi connectivity index (χ2v) is 11.1. The van der Waals surface area contributed by atoms with Crippen LogP contribution in [0.3, 0.4) is 0 Å². The van der Waals surface area contributed by atoms with Crippen LogP contribution < -0.4 is 20.9 Å². The highest BCUT2D eigenvalue weighted by Crippen LogP contribution is 2.46. The summed E-state index contributed by atoms with van der Waals surface area (Å²) < 4.78 is 37.8. The van der Waals surface area contributed by atoms with Gasteiger partial charge in [0.2, 0.25) is 0 Å². The lowest BCUT2D eigenvalue weighted by Crippen LogP contribution is -2.51. The van der Waals surface area contributed by atoms with Crippen LogP contribution >= 0.6 is 19.3 Å². The van der Waals surface area contributed by atoms with E-state index in [2.05, 4.69) is 16.0 Å². The number of hydrogen-bond acceptors (Lipinski definition) is 8. The number of H-pyrrole nitrogens is 1. The van der Waals surface area contributed by atoms with Gasteiger partial charge in [-0.05, 0) is 44.0 Å². The minimum Gasteiger partial charge on any atom is -0.413 e. The zero-order chi connectivity index (χ0) is 27.9. The molecule has 13 heteroatoms. The Bertz CT molecular complexity index is 1270. The number of aromatic amines is 1. The number of aliphatic hydroxyl groups excluding tert-OH is 1. The first-order valence-electron chi connectivity index (χ1n) is 12.2. The minimum atomic E-state index is -4.04. The summed E-state index contributed by atoms with van der Waals surface area (Å²) >= 11 is 5.95. The third kappa shape index (κ3) is 7.16. The third-order valence-electron chi connectivity index (χ3n) is 6.18. The van der Waals surface area contributed by atoms with E-state index in [1.165, 1.54) is 18.3 Å². The average Bonchev–Trinajstić information content (AvgIpc) is 3.20. The largest absolute Gasteiger partial charge is 0.459 e. The Kier molecular flexibility index (Phi) is 10.4. The van der Waals surface area contributed by atoms with Crippen molar-refractivity contribution >= 4 is 19.3 Å². The summed E-state index contributed by atoms with van der Waals surface area (Å²) in [4.78, 5) is 26.0. The molecular weight excluding hydrogens is 537 g/mol. The molecule has 3 rings (SSSR count). The first-order valence-corrected chi connectivity index (χ1v) is 14.2. The highest BCUT2D eigenvalue weighted by atomic mass is 35.5. The standard InChI is InChI=1S/C25H33ClN3O8P/c1-5-19(6-2)34-14-17(4)28-38(33,37-20-10-8-18(26)9-11-20)36-15-21-23(31)25(7-3,16-35-21)29-13-12-22(30)27-24(29)32/h3,8-13,17,19,21,23,31H,5-6,14-16H2,1-2,4H3,(H,28,33)(H,27,30,32)/t17-,21?,23+,25+,38?/m0/s1. The van der Waals surface area contributed by atoms with Crippen molar-refractivity contribution in [2.24, 2.45) is 0 Å². The van der Waals surface area contributed by atoms with E-state index in [9.17, 15) is 19.3 Å². The number of nitrogens with zero attached hydrogens (tertiary/aromatic N) is 1. The first kappa shape index (κ1) is 30.1. The molecule has 0 amide bonds. The van der Waals surface area contributed by atoms with Gasteiger partial charge < -0.3 is 19.1 Å². The first-order chi connectivity index (χ1) is 18.1. The van der Waals surface area contributed by atoms with E-state index in [0.717, 1.165) is 23.5 Å². The van der Waals surface area contributed by atoms with Gasteiger partial charge in [0.25, 0.3) is 5.56 Å². The van der Waals surface area contributed by atoms with Crippen LogP contribution in [0.5, 0.6) is 5.75 Å². The summed E-state index contributed by atoms with van der Waals surface area (Å²) in [6.07, 6.45) is 6.13. The molecule has 3 N–H and O–H groups in total. The van der Waals surface area contributed by atoms with Crippen molar-refractivity contribution in [3.8, 4) is 18.1 Å². The van der Waals surface area contributed by atoms with Crippen LogP contribution in [0.1, 0.15) is 33.6 Å². The predicted molar refractivity (Wildman–Crippen MR) is 142 cm³/mol. The molecule has 0 spiro atoms. The summed E-state index contributed by atoms with van der Waals surface area (Å²) in [6.45, 7) is 5.43. The topological polar surface area (TPSA) is 141 Å². The predicted octanol–water partition coefficient (Wildman–Crippen LogP) is 2.67. The Morgan fingerprint density at radius 2 is 2.00 bits per heavy atom. The molecule has 1 aliphatic rings. The van der Waals surface area contributed by atoms with Gasteiger partial charge in [0.1, 0.15) is 18.0 Å². The van der Waals surface area contributed by atoms with E-state index in [4.69, 9.17) is 36.5 Å². The SMILES string of the molecule is C#C[C@@]1(n2ccc(=O)[nH]c2=O)COC(COP(=O)(N[C@@H](C)COC(CC)CC)Oc2ccc(Cl)cc2)[C@H]1O. The molecule has 2 unspecified atom stereocenters. The Balaban J connectivity index is 1.77. The maximum atomic E-state index is 13.8. The van der Waals surface area contributed by atoms with E-state index in [1.807, 2.05) is 13.8 Å². The van der Waals surface area contributed by atoms with E-state index >= 15 is 0 Å². The molecule has 2 aromatic rings. The van der Waals surface area contributed by atoms with E-state index in [0.29, 0.717) is 5.02 Å². The third-order valence-corrected chi connectivity index (χ3v) is 8.13. The quantitative estimate of drug-likeness (QED) is 0.245. The Morgan fingerprint density at radius 3 is 2.61 bits per heavy atom. The maximum absolute atomic E-state index is 13.8. The highest BCUT2D eigenvalue weighted by molar-refractivity contribution is 7.52. The van der Waals surface area contributed by atoms with Crippen LogP contribution in [0.25, 0.3) is 0 Å². The number of hydrogen-bond donors (Lipinski definition) is 3. The normalized spacial score (nSPS) is 23.6. The molecule has 208 valence electrons. The van der Waals surface area contributed by atoms with Crippen molar-refractivity contribution in [3.05, 3.63) is 62.4 Å². The summed E-state index contributed by atoms with van der Waals surface area (Å²) in [6, 6.07) is 6.92. The molecule has 1 fully saturated rings. The zero-order valence-electron chi connectivity index (χ0n) is 21.5. The average molecular weight is 570 g/mol. The van der Waals surface area contributed by atoms with Gasteiger partial charge in [-0.15, -0.1) is 6.42 Å².